The van der Waals surface area contributed by atoms with E-state index in [9.17, 15) is 8.42 Å². The zero-order chi connectivity index (χ0) is 18.0. The second kappa shape index (κ2) is 7.73. The first-order valence-corrected chi connectivity index (χ1v) is 10.7. The van der Waals surface area contributed by atoms with Gasteiger partial charge in [0, 0.05) is 38.4 Å². The van der Waals surface area contributed by atoms with Gasteiger partial charge in [-0.1, -0.05) is 13.8 Å². The summed E-state index contributed by atoms with van der Waals surface area (Å²) in [5.74, 6) is 1.37. The van der Waals surface area contributed by atoms with Crippen LogP contribution in [0, 0.1) is 5.92 Å². The van der Waals surface area contributed by atoms with E-state index in [0.29, 0.717) is 18.5 Å². The monoisotopic (exact) mass is 370 g/mol. The van der Waals surface area contributed by atoms with Gasteiger partial charge in [-0.2, -0.15) is 0 Å². The van der Waals surface area contributed by atoms with Crippen molar-refractivity contribution in [3.63, 3.8) is 0 Å². The number of rotatable bonds is 6. The standard InChI is InChI=1S/C17H30N4O3S/c1-13(2)17-19-16(11-20(17)3)25(22,23)18-10-14-4-7-21(8-5-14)15-6-9-24-12-15/h11,13-15,18H,4-10,12H2,1-3H3/t15-/m1/s1. The summed E-state index contributed by atoms with van der Waals surface area (Å²) in [6, 6.07) is 0.556. The van der Waals surface area contributed by atoms with E-state index in [-0.39, 0.29) is 10.9 Å². The minimum absolute atomic E-state index is 0.124. The number of piperidine rings is 1. The van der Waals surface area contributed by atoms with E-state index in [2.05, 4.69) is 14.6 Å². The highest BCUT2D eigenvalue weighted by Crippen LogP contribution is 2.22. The van der Waals surface area contributed by atoms with Crippen LogP contribution in [0.4, 0.5) is 0 Å². The molecule has 2 saturated heterocycles. The van der Waals surface area contributed by atoms with E-state index in [1.165, 1.54) is 0 Å². The lowest BCUT2D eigenvalue weighted by atomic mass is 9.96. The first-order valence-electron chi connectivity index (χ1n) is 9.21. The molecule has 0 saturated carbocycles. The van der Waals surface area contributed by atoms with Gasteiger partial charge in [0.1, 0.15) is 5.82 Å². The SMILES string of the molecule is CC(C)c1nc(S(=O)(=O)NCC2CCN([C@@H]3CCOC3)CC2)cn1C. The summed E-state index contributed by atoms with van der Waals surface area (Å²) < 4.78 is 35.1. The topological polar surface area (TPSA) is 76.5 Å². The van der Waals surface area contributed by atoms with Crippen molar-refractivity contribution >= 4 is 10.0 Å². The molecular weight excluding hydrogens is 340 g/mol. The number of ether oxygens (including phenoxy) is 1. The molecule has 8 heteroatoms. The predicted molar refractivity (Wildman–Crippen MR) is 96.0 cm³/mol. The van der Waals surface area contributed by atoms with E-state index < -0.39 is 10.0 Å². The molecule has 0 radical (unpaired) electrons. The molecule has 2 aliphatic heterocycles. The number of sulfonamides is 1. The molecule has 0 unspecified atom stereocenters. The molecule has 0 bridgehead atoms. The maximum atomic E-state index is 12.5. The third-order valence-corrected chi connectivity index (χ3v) is 6.61. The highest BCUT2D eigenvalue weighted by atomic mass is 32.2. The number of aromatic nitrogens is 2. The number of hydrogen-bond acceptors (Lipinski definition) is 5. The Labute approximate surface area is 150 Å². The summed E-state index contributed by atoms with van der Waals surface area (Å²) in [4.78, 5) is 6.79. The molecule has 3 rings (SSSR count). The quantitative estimate of drug-likeness (QED) is 0.817. The fourth-order valence-electron chi connectivity index (χ4n) is 3.75. The maximum Gasteiger partial charge on any atom is 0.259 e. The molecular formula is C17H30N4O3S. The molecule has 1 atom stereocenters. The number of hydrogen-bond donors (Lipinski definition) is 1. The van der Waals surface area contributed by atoms with Crippen LogP contribution in [0.2, 0.25) is 0 Å². The van der Waals surface area contributed by atoms with Gasteiger partial charge in [-0.3, -0.25) is 4.90 Å². The zero-order valence-electron chi connectivity index (χ0n) is 15.4. The van der Waals surface area contributed by atoms with Crippen molar-refractivity contribution in [1.82, 2.24) is 19.2 Å². The highest BCUT2D eigenvalue weighted by Gasteiger charge is 2.29. The van der Waals surface area contributed by atoms with Crippen LogP contribution in [0.1, 0.15) is 44.9 Å². The van der Waals surface area contributed by atoms with Crippen molar-refractivity contribution in [3.8, 4) is 0 Å². The van der Waals surface area contributed by atoms with Crippen molar-refractivity contribution in [1.29, 1.82) is 0 Å². The van der Waals surface area contributed by atoms with Crippen molar-refractivity contribution in [2.75, 3.05) is 32.8 Å². The van der Waals surface area contributed by atoms with Gasteiger partial charge < -0.3 is 9.30 Å². The number of nitrogens with one attached hydrogen (secondary N) is 1. The number of nitrogens with zero attached hydrogens (tertiary/aromatic N) is 3. The van der Waals surface area contributed by atoms with Crippen molar-refractivity contribution < 1.29 is 13.2 Å². The van der Waals surface area contributed by atoms with E-state index >= 15 is 0 Å². The van der Waals surface area contributed by atoms with Gasteiger partial charge >= 0.3 is 0 Å². The third-order valence-electron chi connectivity index (χ3n) is 5.32. The molecule has 1 N–H and O–H groups in total. The van der Waals surface area contributed by atoms with Crippen LogP contribution in [0.5, 0.6) is 0 Å². The minimum Gasteiger partial charge on any atom is -0.380 e. The molecule has 1 aromatic heterocycles. The molecule has 2 aliphatic rings. The van der Waals surface area contributed by atoms with Crippen LogP contribution in [-0.4, -0.2) is 61.8 Å². The van der Waals surface area contributed by atoms with E-state index in [1.54, 1.807) is 10.8 Å². The van der Waals surface area contributed by atoms with Crippen LogP contribution in [0.3, 0.4) is 0 Å². The Hall–Kier alpha value is -0.960. The molecule has 0 aliphatic carbocycles. The average Bonchev–Trinajstić information content (AvgIpc) is 3.23. The Morgan fingerprint density at radius 1 is 1.32 bits per heavy atom. The van der Waals surface area contributed by atoms with Gasteiger partial charge in [0.05, 0.1) is 6.61 Å². The largest absolute Gasteiger partial charge is 0.380 e. The van der Waals surface area contributed by atoms with Crippen LogP contribution in [0.15, 0.2) is 11.2 Å². The first kappa shape index (κ1) is 18.8. The van der Waals surface area contributed by atoms with Gasteiger partial charge in [-0.15, -0.1) is 0 Å². The van der Waals surface area contributed by atoms with E-state index in [1.807, 2.05) is 20.9 Å². The lowest BCUT2D eigenvalue weighted by Crippen LogP contribution is -2.43. The summed E-state index contributed by atoms with van der Waals surface area (Å²) in [5, 5.41) is 0.124. The Morgan fingerprint density at radius 2 is 2.04 bits per heavy atom. The van der Waals surface area contributed by atoms with E-state index in [4.69, 9.17) is 4.74 Å². The molecule has 25 heavy (non-hydrogen) atoms. The molecule has 142 valence electrons. The lowest BCUT2D eigenvalue weighted by molar-refractivity contribution is 0.111. The molecule has 0 aromatic carbocycles. The highest BCUT2D eigenvalue weighted by molar-refractivity contribution is 7.89. The molecule has 7 nitrogen and oxygen atoms in total. The Kier molecular flexibility index (Phi) is 5.82. The smallest absolute Gasteiger partial charge is 0.259 e. The van der Waals surface area contributed by atoms with Crippen LogP contribution >= 0.6 is 0 Å². The fraction of sp³-hybridized carbons (Fsp3) is 0.824. The molecule has 2 fully saturated rings. The number of imidazole rings is 1. The normalized spacial score (nSPS) is 23.6. The van der Waals surface area contributed by atoms with Crippen LogP contribution in [0.25, 0.3) is 0 Å². The van der Waals surface area contributed by atoms with Crippen LogP contribution < -0.4 is 4.72 Å². The summed E-state index contributed by atoms with van der Waals surface area (Å²) in [6.07, 6.45) is 4.77. The average molecular weight is 371 g/mol. The van der Waals surface area contributed by atoms with Gasteiger partial charge in [0.2, 0.25) is 0 Å². The number of aryl methyl sites for hydroxylation is 1. The third kappa shape index (κ3) is 4.42. The Balaban J connectivity index is 1.52. The summed E-state index contributed by atoms with van der Waals surface area (Å²) in [5.41, 5.74) is 0. The predicted octanol–water partition coefficient (Wildman–Crippen LogP) is 1.32. The fourth-order valence-corrected chi connectivity index (χ4v) is 4.87. The molecule has 3 heterocycles. The molecule has 0 amide bonds. The minimum atomic E-state index is -3.54. The van der Waals surface area contributed by atoms with Gasteiger partial charge in [-0.25, -0.2) is 18.1 Å². The summed E-state index contributed by atoms with van der Waals surface area (Å²) in [6.45, 7) is 8.28. The van der Waals surface area contributed by atoms with Crippen molar-refractivity contribution in [3.05, 3.63) is 12.0 Å². The number of likely N-dealkylation sites (tertiary alicyclic amines) is 1. The second-order valence-electron chi connectivity index (χ2n) is 7.55. The van der Waals surface area contributed by atoms with Crippen molar-refractivity contribution in [2.45, 2.75) is 50.1 Å². The zero-order valence-corrected chi connectivity index (χ0v) is 16.3. The Morgan fingerprint density at radius 3 is 2.60 bits per heavy atom. The maximum absolute atomic E-state index is 12.5. The lowest BCUT2D eigenvalue weighted by Gasteiger charge is -2.35. The van der Waals surface area contributed by atoms with Gasteiger partial charge in [0.25, 0.3) is 10.0 Å². The first-order chi connectivity index (χ1) is 11.9. The molecule has 0 spiro atoms. The Bertz CT molecular complexity index is 672. The van der Waals surface area contributed by atoms with Crippen molar-refractivity contribution in [2.24, 2.45) is 13.0 Å². The summed E-state index contributed by atoms with van der Waals surface area (Å²) in [7, 11) is -1.70. The molecule has 1 aromatic rings. The van der Waals surface area contributed by atoms with Gasteiger partial charge in [0.15, 0.2) is 5.03 Å². The van der Waals surface area contributed by atoms with E-state index in [0.717, 1.165) is 51.4 Å². The van der Waals surface area contributed by atoms with Crippen LogP contribution in [-0.2, 0) is 21.8 Å². The second-order valence-corrected chi connectivity index (χ2v) is 9.27. The van der Waals surface area contributed by atoms with Gasteiger partial charge in [-0.05, 0) is 38.3 Å². The summed E-state index contributed by atoms with van der Waals surface area (Å²) >= 11 is 0.